The Morgan fingerprint density at radius 2 is 1.97 bits per heavy atom. The van der Waals surface area contributed by atoms with Crippen LogP contribution in [0.5, 0.6) is 0 Å². The maximum absolute atomic E-state index is 13.4. The first kappa shape index (κ1) is 20.1. The van der Waals surface area contributed by atoms with Gasteiger partial charge >= 0.3 is 0 Å². The molecule has 0 saturated heterocycles. The summed E-state index contributed by atoms with van der Waals surface area (Å²) < 4.78 is 41.2. The molecule has 2 aromatic heterocycles. The smallest absolute Gasteiger partial charge is 0.270 e. The van der Waals surface area contributed by atoms with Gasteiger partial charge in [0.05, 0.1) is 11.9 Å². The van der Waals surface area contributed by atoms with Crippen LogP contribution in [0.25, 0.3) is 22.5 Å². The van der Waals surface area contributed by atoms with Crippen LogP contribution in [0.4, 0.5) is 10.1 Å². The molecule has 0 atom stereocenters. The van der Waals surface area contributed by atoms with Crippen LogP contribution in [0.2, 0.25) is 0 Å². The molecule has 9 heteroatoms. The predicted molar refractivity (Wildman–Crippen MR) is 114 cm³/mol. The lowest BCUT2D eigenvalue weighted by atomic mass is 10.0. The van der Waals surface area contributed by atoms with Crippen molar-refractivity contribution in [2.24, 2.45) is 0 Å². The van der Waals surface area contributed by atoms with Crippen molar-refractivity contribution in [2.75, 3.05) is 24.2 Å². The number of carbonyl (C=O) groups excluding carboxylic acids is 1. The number of pyridine rings is 1. The summed E-state index contributed by atoms with van der Waals surface area (Å²) in [6, 6.07) is 7.36. The van der Waals surface area contributed by atoms with E-state index in [2.05, 4.69) is 16.9 Å². The Bertz CT molecular complexity index is 1280. The van der Waals surface area contributed by atoms with Gasteiger partial charge in [-0.1, -0.05) is 6.58 Å². The quantitative estimate of drug-likeness (QED) is 0.695. The summed E-state index contributed by atoms with van der Waals surface area (Å²) in [5.74, 6) is -0.753. The highest BCUT2D eigenvalue weighted by Gasteiger charge is 2.27. The molecule has 0 bridgehead atoms. The molecular formula is C21H21FN4O3S. The van der Waals surface area contributed by atoms with E-state index in [0.717, 1.165) is 5.57 Å². The summed E-state index contributed by atoms with van der Waals surface area (Å²) in [5.41, 5.74) is 3.58. The Hall–Kier alpha value is -3.20. The molecule has 4 rings (SSSR count). The Labute approximate surface area is 173 Å². The number of sulfonamides is 1. The number of allylic oxidation sites excluding steroid dienone is 1. The lowest BCUT2D eigenvalue weighted by Crippen LogP contribution is -2.30. The van der Waals surface area contributed by atoms with Crippen LogP contribution in [-0.2, 0) is 10.0 Å². The summed E-state index contributed by atoms with van der Waals surface area (Å²) in [4.78, 5) is 17.3. The predicted octanol–water partition coefficient (Wildman–Crippen LogP) is 3.07. The molecule has 0 unspecified atom stereocenters. The number of aromatic nitrogens is 2. The molecule has 7 nitrogen and oxygen atoms in total. The van der Waals surface area contributed by atoms with Gasteiger partial charge in [-0.3, -0.25) is 13.5 Å². The number of anilines is 1. The number of fused-ring (bicyclic) bond motifs is 2. The van der Waals surface area contributed by atoms with Gasteiger partial charge in [-0.25, -0.2) is 17.8 Å². The molecular weight excluding hydrogens is 407 g/mol. The van der Waals surface area contributed by atoms with E-state index in [1.807, 2.05) is 0 Å². The van der Waals surface area contributed by atoms with Crippen molar-refractivity contribution in [1.82, 2.24) is 14.7 Å². The zero-order chi connectivity index (χ0) is 21.6. The molecule has 0 aliphatic carbocycles. The monoisotopic (exact) mass is 428 g/mol. The number of amides is 1. The van der Waals surface area contributed by atoms with Crippen molar-refractivity contribution in [2.45, 2.75) is 12.8 Å². The van der Waals surface area contributed by atoms with Crippen molar-refractivity contribution < 1.29 is 17.6 Å². The standard InChI is InChI=1S/C21H21FN4O3S/c1-13-5-4-10-26(30(3,28)29)17-11-18-24-19(14-6-8-15(22)9-7-14)20(21(27)23-2)25(18)12-16(13)17/h6-9,11-12H,1,4-5,10H2,2-3H3,(H,23,27). The van der Waals surface area contributed by atoms with Crippen LogP contribution in [0.1, 0.15) is 28.9 Å². The minimum absolute atomic E-state index is 0.282. The maximum Gasteiger partial charge on any atom is 0.270 e. The van der Waals surface area contributed by atoms with E-state index < -0.39 is 15.8 Å². The molecule has 30 heavy (non-hydrogen) atoms. The highest BCUT2D eigenvalue weighted by atomic mass is 32.2. The number of hydrogen-bond donors (Lipinski definition) is 1. The number of hydrogen-bond acceptors (Lipinski definition) is 4. The largest absolute Gasteiger partial charge is 0.354 e. The average Bonchev–Trinajstić information content (AvgIpc) is 2.98. The summed E-state index contributed by atoms with van der Waals surface area (Å²) in [5, 5.41) is 2.62. The molecule has 1 N–H and O–H groups in total. The van der Waals surface area contributed by atoms with Gasteiger partial charge in [-0.05, 0) is 42.7 Å². The fraction of sp³-hybridized carbons (Fsp3) is 0.238. The summed E-state index contributed by atoms with van der Waals surface area (Å²) >= 11 is 0. The Balaban J connectivity index is 2.04. The average molecular weight is 428 g/mol. The zero-order valence-corrected chi connectivity index (χ0v) is 17.5. The highest BCUT2D eigenvalue weighted by molar-refractivity contribution is 7.92. The zero-order valence-electron chi connectivity index (χ0n) is 16.6. The Kier molecular flexibility index (Phi) is 4.85. The van der Waals surface area contributed by atoms with Crippen LogP contribution >= 0.6 is 0 Å². The number of imidazole rings is 1. The van der Waals surface area contributed by atoms with Gasteiger partial charge in [0.2, 0.25) is 10.0 Å². The number of benzene rings is 1. The van der Waals surface area contributed by atoms with E-state index in [-0.39, 0.29) is 11.6 Å². The van der Waals surface area contributed by atoms with Crippen LogP contribution < -0.4 is 9.62 Å². The van der Waals surface area contributed by atoms with E-state index in [0.29, 0.717) is 47.5 Å². The molecule has 1 aliphatic rings. The van der Waals surface area contributed by atoms with Gasteiger partial charge in [0, 0.05) is 37.0 Å². The number of nitrogens with one attached hydrogen (secondary N) is 1. The van der Waals surface area contributed by atoms with E-state index in [9.17, 15) is 17.6 Å². The Morgan fingerprint density at radius 3 is 2.60 bits per heavy atom. The van der Waals surface area contributed by atoms with E-state index >= 15 is 0 Å². The van der Waals surface area contributed by atoms with E-state index in [1.165, 1.54) is 29.7 Å². The third kappa shape index (κ3) is 3.35. The minimum atomic E-state index is -3.50. The van der Waals surface area contributed by atoms with Crippen molar-refractivity contribution >= 4 is 32.8 Å². The molecule has 0 saturated carbocycles. The maximum atomic E-state index is 13.4. The molecule has 1 aromatic carbocycles. The van der Waals surface area contributed by atoms with Crippen LogP contribution in [0, 0.1) is 5.82 Å². The van der Waals surface area contributed by atoms with Crippen molar-refractivity contribution in [3.05, 3.63) is 60.2 Å². The third-order valence-corrected chi connectivity index (χ3v) is 6.37. The number of halogens is 1. The molecule has 0 spiro atoms. The number of carbonyl (C=O) groups is 1. The molecule has 1 aliphatic heterocycles. The summed E-state index contributed by atoms with van der Waals surface area (Å²) in [6.45, 7) is 4.45. The molecule has 0 fully saturated rings. The fourth-order valence-electron chi connectivity index (χ4n) is 3.74. The first-order valence-corrected chi connectivity index (χ1v) is 11.3. The Morgan fingerprint density at radius 1 is 1.27 bits per heavy atom. The molecule has 1 amide bonds. The molecule has 3 aromatic rings. The molecule has 3 heterocycles. The second-order valence-electron chi connectivity index (χ2n) is 7.24. The fourth-order valence-corrected chi connectivity index (χ4v) is 4.71. The minimum Gasteiger partial charge on any atom is -0.354 e. The second-order valence-corrected chi connectivity index (χ2v) is 9.14. The van der Waals surface area contributed by atoms with Gasteiger partial charge in [-0.15, -0.1) is 0 Å². The van der Waals surface area contributed by atoms with E-state index in [4.69, 9.17) is 0 Å². The first-order valence-electron chi connectivity index (χ1n) is 9.40. The normalized spacial score (nSPS) is 14.5. The van der Waals surface area contributed by atoms with Gasteiger partial charge in [0.15, 0.2) is 0 Å². The van der Waals surface area contributed by atoms with Crippen LogP contribution in [-0.4, -0.2) is 43.6 Å². The summed E-state index contributed by atoms with van der Waals surface area (Å²) in [7, 11) is -1.98. The SMILES string of the molecule is C=C1CCCN(S(C)(=O)=O)c2cc3nc(-c4ccc(F)cc4)c(C(=O)NC)n3cc21. The summed E-state index contributed by atoms with van der Waals surface area (Å²) in [6.07, 6.45) is 4.16. The van der Waals surface area contributed by atoms with Gasteiger partial charge in [-0.2, -0.15) is 0 Å². The number of nitrogens with zero attached hydrogens (tertiary/aromatic N) is 3. The second kappa shape index (κ2) is 7.24. The van der Waals surface area contributed by atoms with Crippen molar-refractivity contribution in [1.29, 1.82) is 0 Å². The van der Waals surface area contributed by atoms with Gasteiger partial charge in [0.1, 0.15) is 22.9 Å². The van der Waals surface area contributed by atoms with Crippen LogP contribution in [0.15, 0.2) is 43.1 Å². The topological polar surface area (TPSA) is 83.8 Å². The highest BCUT2D eigenvalue weighted by Crippen LogP contribution is 2.36. The van der Waals surface area contributed by atoms with Crippen molar-refractivity contribution in [3.63, 3.8) is 0 Å². The lowest BCUT2D eigenvalue weighted by Gasteiger charge is -2.22. The van der Waals surface area contributed by atoms with Gasteiger partial charge in [0.25, 0.3) is 5.91 Å². The first-order chi connectivity index (χ1) is 14.2. The molecule has 0 radical (unpaired) electrons. The number of rotatable bonds is 3. The van der Waals surface area contributed by atoms with E-state index in [1.54, 1.807) is 28.8 Å². The van der Waals surface area contributed by atoms with Gasteiger partial charge < -0.3 is 5.32 Å². The lowest BCUT2D eigenvalue weighted by molar-refractivity contribution is 0.0958. The third-order valence-electron chi connectivity index (χ3n) is 5.19. The van der Waals surface area contributed by atoms with Crippen LogP contribution in [0.3, 0.4) is 0 Å². The van der Waals surface area contributed by atoms with Crippen molar-refractivity contribution in [3.8, 4) is 11.3 Å². The molecule has 156 valence electrons.